The van der Waals surface area contributed by atoms with E-state index >= 15 is 0 Å². The number of nitrogens with zero attached hydrogens (tertiary/aromatic N) is 1. The third-order valence-electron chi connectivity index (χ3n) is 5.06. The first-order chi connectivity index (χ1) is 6.78. The molecule has 0 radical (unpaired) electrons. The zero-order valence-corrected chi connectivity index (χ0v) is 12.3. The second kappa shape index (κ2) is 3.46. The molecule has 0 aromatic carbocycles. The lowest BCUT2D eigenvalue weighted by atomic mass is 9.67. The van der Waals surface area contributed by atoms with Crippen LogP contribution in [0.5, 0.6) is 0 Å². The van der Waals surface area contributed by atoms with E-state index in [1.54, 1.807) is 0 Å². The van der Waals surface area contributed by atoms with Crippen molar-refractivity contribution in [1.29, 1.82) is 0 Å². The first-order valence-corrected chi connectivity index (χ1v) is 6.99. The number of hydrogen-bond acceptors (Lipinski definition) is 1. The third kappa shape index (κ3) is 1.59. The third-order valence-corrected chi connectivity index (χ3v) is 7.28. The Hall–Kier alpha value is 0.440. The lowest BCUT2D eigenvalue weighted by molar-refractivity contribution is 0.110. The van der Waals surface area contributed by atoms with Crippen LogP contribution in [0.1, 0.15) is 33.6 Å². The minimum Gasteiger partial charge on any atom is -0.309 e. The van der Waals surface area contributed by atoms with Gasteiger partial charge in [0, 0.05) is 11.4 Å². The van der Waals surface area contributed by atoms with Crippen LogP contribution in [0.3, 0.4) is 0 Å². The molecular formula is C13H24BrN. The van der Waals surface area contributed by atoms with E-state index in [-0.39, 0.29) is 0 Å². The highest BCUT2D eigenvalue weighted by Gasteiger charge is 2.62. The smallest absolute Gasteiger partial charge is 0.0256 e. The molecule has 2 fully saturated rings. The molecule has 0 aromatic rings. The Morgan fingerprint density at radius 1 is 1.27 bits per heavy atom. The Labute approximate surface area is 103 Å². The molecule has 0 N–H and O–H groups in total. The van der Waals surface area contributed by atoms with Crippen LogP contribution in [-0.4, -0.2) is 30.4 Å². The van der Waals surface area contributed by atoms with Gasteiger partial charge in [-0.15, -0.1) is 0 Å². The molecule has 1 nitrogen and oxygen atoms in total. The molecule has 4 atom stereocenters. The van der Waals surface area contributed by atoms with E-state index in [1.165, 1.54) is 19.4 Å². The molecule has 2 saturated carbocycles. The Kier molecular flexibility index (Phi) is 2.75. The number of halogens is 1. The van der Waals surface area contributed by atoms with Gasteiger partial charge in [0.25, 0.3) is 0 Å². The van der Waals surface area contributed by atoms with E-state index in [1.807, 2.05) is 0 Å². The summed E-state index contributed by atoms with van der Waals surface area (Å²) in [6.45, 7) is 8.63. The summed E-state index contributed by atoms with van der Waals surface area (Å²) in [5, 5.41) is 0. The number of fused-ring (bicyclic) bond motifs is 2. The molecule has 15 heavy (non-hydrogen) atoms. The molecule has 2 rings (SSSR count). The lowest BCUT2D eigenvalue weighted by Crippen LogP contribution is -2.44. The van der Waals surface area contributed by atoms with Crippen molar-refractivity contribution in [2.45, 2.75) is 38.4 Å². The summed E-state index contributed by atoms with van der Waals surface area (Å²) in [6.07, 6.45) is 2.86. The average Bonchev–Trinajstić information content (AvgIpc) is 2.49. The van der Waals surface area contributed by atoms with E-state index in [0.29, 0.717) is 15.7 Å². The van der Waals surface area contributed by atoms with Crippen LogP contribution >= 0.6 is 15.9 Å². The summed E-state index contributed by atoms with van der Waals surface area (Å²) in [5.74, 6) is 1.81. The van der Waals surface area contributed by atoms with Gasteiger partial charge in [-0.25, -0.2) is 0 Å². The summed E-state index contributed by atoms with van der Waals surface area (Å²) in [6, 6.07) is 0. The largest absolute Gasteiger partial charge is 0.309 e. The molecule has 0 aromatic heterocycles. The maximum absolute atomic E-state index is 3.98. The van der Waals surface area contributed by atoms with Crippen LogP contribution < -0.4 is 0 Å². The molecule has 2 heteroatoms. The second-order valence-electron chi connectivity index (χ2n) is 6.79. The van der Waals surface area contributed by atoms with E-state index < -0.39 is 0 Å². The minimum atomic E-state index is 0.498. The summed E-state index contributed by atoms with van der Waals surface area (Å²) in [4.78, 5) is 3.05. The molecule has 0 spiro atoms. The Morgan fingerprint density at radius 2 is 1.87 bits per heavy atom. The van der Waals surface area contributed by atoms with Gasteiger partial charge in [-0.1, -0.05) is 36.7 Å². The van der Waals surface area contributed by atoms with Crippen LogP contribution in [0.15, 0.2) is 0 Å². The van der Waals surface area contributed by atoms with Crippen molar-refractivity contribution in [3.63, 3.8) is 0 Å². The lowest BCUT2D eigenvalue weighted by Gasteiger charge is -2.45. The molecule has 4 unspecified atom stereocenters. The van der Waals surface area contributed by atoms with Gasteiger partial charge in [0.2, 0.25) is 0 Å². The van der Waals surface area contributed by atoms with Crippen molar-refractivity contribution in [2.24, 2.45) is 22.7 Å². The van der Waals surface area contributed by atoms with Gasteiger partial charge >= 0.3 is 0 Å². The Morgan fingerprint density at radius 3 is 2.27 bits per heavy atom. The quantitative estimate of drug-likeness (QED) is 0.698. The number of hydrogen-bond donors (Lipinski definition) is 0. The van der Waals surface area contributed by atoms with Gasteiger partial charge in [-0.3, -0.25) is 0 Å². The van der Waals surface area contributed by atoms with Crippen LogP contribution in [0.25, 0.3) is 0 Å². The molecular weight excluding hydrogens is 250 g/mol. The second-order valence-corrected chi connectivity index (χ2v) is 7.70. The highest BCUT2D eigenvalue weighted by molar-refractivity contribution is 9.09. The van der Waals surface area contributed by atoms with Gasteiger partial charge in [0.05, 0.1) is 0 Å². The highest BCUT2D eigenvalue weighted by Crippen LogP contribution is 2.67. The van der Waals surface area contributed by atoms with Gasteiger partial charge in [0.1, 0.15) is 0 Å². The normalized spacial score (nSPS) is 47.8. The summed E-state index contributed by atoms with van der Waals surface area (Å²) < 4.78 is 0. The summed E-state index contributed by atoms with van der Waals surface area (Å²) in [5.41, 5.74) is 1.02. The first-order valence-electron chi connectivity index (χ1n) is 6.07. The van der Waals surface area contributed by atoms with Crippen molar-refractivity contribution in [2.75, 3.05) is 20.6 Å². The molecule has 2 bridgehead atoms. The van der Waals surface area contributed by atoms with Gasteiger partial charge in [-0.2, -0.15) is 0 Å². The predicted octanol–water partition coefficient (Wildman–Crippen LogP) is 3.38. The standard InChI is InChI=1S/C13H24BrN/c1-12(2)9-6-10(8-15(4)5)13(3,7-9)11(12)14/h9-11H,6-8H2,1-5H3. The van der Waals surface area contributed by atoms with Crippen LogP contribution in [0.2, 0.25) is 0 Å². The van der Waals surface area contributed by atoms with E-state index in [2.05, 4.69) is 55.7 Å². The molecule has 0 heterocycles. The fraction of sp³-hybridized carbons (Fsp3) is 1.00. The van der Waals surface area contributed by atoms with E-state index in [4.69, 9.17) is 0 Å². The van der Waals surface area contributed by atoms with Gasteiger partial charge < -0.3 is 4.90 Å². The molecule has 88 valence electrons. The fourth-order valence-corrected chi connectivity index (χ4v) is 4.99. The van der Waals surface area contributed by atoms with Crippen molar-refractivity contribution >= 4 is 15.9 Å². The highest BCUT2D eigenvalue weighted by atomic mass is 79.9. The summed E-state index contributed by atoms with van der Waals surface area (Å²) >= 11 is 3.98. The van der Waals surface area contributed by atoms with E-state index in [9.17, 15) is 0 Å². The fourth-order valence-electron chi connectivity index (χ4n) is 4.05. The molecule has 0 aliphatic heterocycles. The van der Waals surface area contributed by atoms with Crippen molar-refractivity contribution in [3.8, 4) is 0 Å². The van der Waals surface area contributed by atoms with Crippen LogP contribution in [0, 0.1) is 22.7 Å². The zero-order valence-electron chi connectivity index (χ0n) is 10.7. The van der Waals surface area contributed by atoms with Crippen molar-refractivity contribution in [1.82, 2.24) is 4.90 Å². The summed E-state index contributed by atoms with van der Waals surface area (Å²) in [7, 11) is 4.40. The Balaban J connectivity index is 2.19. The molecule has 2 aliphatic carbocycles. The van der Waals surface area contributed by atoms with Gasteiger partial charge in [0.15, 0.2) is 0 Å². The minimum absolute atomic E-state index is 0.498. The molecule has 2 aliphatic rings. The molecule has 0 amide bonds. The zero-order chi connectivity index (χ0) is 11.4. The Bertz CT molecular complexity index is 261. The average molecular weight is 274 g/mol. The number of alkyl halides is 1. The van der Waals surface area contributed by atoms with Gasteiger partial charge in [-0.05, 0) is 49.6 Å². The maximum atomic E-state index is 3.98. The van der Waals surface area contributed by atoms with Crippen LogP contribution in [-0.2, 0) is 0 Å². The predicted molar refractivity (Wildman–Crippen MR) is 69.4 cm³/mol. The maximum Gasteiger partial charge on any atom is 0.0256 e. The van der Waals surface area contributed by atoms with Crippen molar-refractivity contribution in [3.05, 3.63) is 0 Å². The molecule has 0 saturated heterocycles. The van der Waals surface area contributed by atoms with Crippen LogP contribution in [0.4, 0.5) is 0 Å². The number of rotatable bonds is 2. The SMILES string of the molecule is CN(C)CC1CC2CC1(C)C(Br)C2(C)C. The van der Waals surface area contributed by atoms with E-state index in [0.717, 1.165) is 11.8 Å². The monoisotopic (exact) mass is 273 g/mol. The first kappa shape index (κ1) is 11.9. The van der Waals surface area contributed by atoms with Crippen molar-refractivity contribution < 1.29 is 0 Å². The topological polar surface area (TPSA) is 3.24 Å².